The Morgan fingerprint density at radius 1 is 1.41 bits per heavy atom. The first-order valence-corrected chi connectivity index (χ1v) is 7.52. The quantitative estimate of drug-likeness (QED) is 0.813. The van der Waals surface area contributed by atoms with Gasteiger partial charge >= 0.3 is 5.97 Å². The van der Waals surface area contributed by atoms with Gasteiger partial charge in [0.05, 0.1) is 12.8 Å². The number of hydrogen-bond acceptors (Lipinski definition) is 4. The van der Waals surface area contributed by atoms with Gasteiger partial charge in [0.1, 0.15) is 0 Å². The first-order chi connectivity index (χ1) is 10.5. The predicted octanol–water partition coefficient (Wildman–Crippen LogP) is 1.89. The second kappa shape index (κ2) is 5.61. The minimum atomic E-state index is -0.391. The van der Waals surface area contributed by atoms with Crippen molar-refractivity contribution in [1.29, 1.82) is 0 Å². The van der Waals surface area contributed by atoms with Gasteiger partial charge in [0.25, 0.3) is 0 Å². The van der Waals surface area contributed by atoms with Crippen LogP contribution in [0.3, 0.4) is 0 Å². The molecule has 2 aromatic rings. The van der Waals surface area contributed by atoms with E-state index in [-0.39, 0.29) is 0 Å². The van der Waals surface area contributed by atoms with E-state index in [0.717, 1.165) is 25.3 Å². The smallest absolute Gasteiger partial charge is 0.358 e. The summed E-state index contributed by atoms with van der Waals surface area (Å²) in [6.07, 6.45) is 0. The Labute approximate surface area is 130 Å². The van der Waals surface area contributed by atoms with E-state index in [1.165, 1.54) is 18.5 Å². The molecule has 0 fully saturated rings. The Kier molecular flexibility index (Phi) is 3.78. The molecule has 0 aromatic carbocycles. The average molecular weight is 302 g/mol. The van der Waals surface area contributed by atoms with Crippen LogP contribution in [0.5, 0.6) is 0 Å². The van der Waals surface area contributed by atoms with Crippen molar-refractivity contribution >= 4 is 5.97 Å². The Balaban J connectivity index is 1.80. The molecule has 6 heteroatoms. The number of fused-ring (bicyclic) bond motifs is 1. The van der Waals surface area contributed by atoms with Gasteiger partial charge in [-0.2, -0.15) is 5.10 Å². The molecule has 1 aliphatic rings. The highest BCUT2D eigenvalue weighted by atomic mass is 16.5. The van der Waals surface area contributed by atoms with Crippen molar-refractivity contribution in [2.45, 2.75) is 33.0 Å². The third-order valence-corrected chi connectivity index (χ3v) is 4.56. The molecule has 1 aliphatic heterocycles. The maximum Gasteiger partial charge on any atom is 0.358 e. The van der Waals surface area contributed by atoms with Crippen molar-refractivity contribution in [3.8, 4) is 0 Å². The van der Waals surface area contributed by atoms with E-state index in [1.54, 1.807) is 4.68 Å². The summed E-state index contributed by atoms with van der Waals surface area (Å²) < 4.78 is 8.87. The topological polar surface area (TPSA) is 52.3 Å². The van der Waals surface area contributed by atoms with Crippen LogP contribution >= 0.6 is 0 Å². The molecule has 1 unspecified atom stereocenters. The van der Waals surface area contributed by atoms with Crippen molar-refractivity contribution in [2.75, 3.05) is 13.7 Å². The van der Waals surface area contributed by atoms with Gasteiger partial charge < -0.3 is 9.30 Å². The first kappa shape index (κ1) is 14.8. The van der Waals surface area contributed by atoms with Crippen LogP contribution in [0.1, 0.15) is 40.5 Å². The van der Waals surface area contributed by atoms with Crippen molar-refractivity contribution in [3.05, 3.63) is 41.0 Å². The molecular weight excluding hydrogens is 280 g/mol. The number of rotatable bonds is 3. The molecule has 3 heterocycles. The van der Waals surface area contributed by atoms with Crippen molar-refractivity contribution in [3.63, 3.8) is 0 Å². The normalized spacial score (nSPS) is 18.3. The van der Waals surface area contributed by atoms with E-state index in [1.807, 2.05) is 13.1 Å². The fourth-order valence-corrected chi connectivity index (χ4v) is 3.15. The van der Waals surface area contributed by atoms with E-state index in [4.69, 9.17) is 4.74 Å². The first-order valence-electron chi connectivity index (χ1n) is 7.52. The maximum absolute atomic E-state index is 11.6. The SMILES string of the molecule is COC(=O)c1cc(CN2CCn3c(C)ccc3C2C)n(C)n1. The second-order valence-corrected chi connectivity index (χ2v) is 5.83. The second-order valence-electron chi connectivity index (χ2n) is 5.83. The zero-order valence-corrected chi connectivity index (χ0v) is 13.5. The lowest BCUT2D eigenvalue weighted by atomic mass is 10.1. The molecule has 0 saturated heterocycles. The molecule has 1 atom stereocenters. The van der Waals surface area contributed by atoms with Crippen LogP contribution in [-0.4, -0.2) is 38.9 Å². The molecule has 0 amide bonds. The molecule has 0 radical (unpaired) electrons. The van der Waals surface area contributed by atoms with Gasteiger partial charge in [0, 0.05) is 44.1 Å². The third-order valence-electron chi connectivity index (χ3n) is 4.56. The van der Waals surface area contributed by atoms with Crippen LogP contribution in [0.4, 0.5) is 0 Å². The summed E-state index contributed by atoms with van der Waals surface area (Å²) in [5.41, 5.74) is 4.04. The molecule has 118 valence electrons. The van der Waals surface area contributed by atoms with Gasteiger partial charge in [0.2, 0.25) is 0 Å². The van der Waals surface area contributed by atoms with E-state index < -0.39 is 5.97 Å². The molecular formula is C16H22N4O2. The van der Waals surface area contributed by atoms with Crippen LogP contribution in [0, 0.1) is 6.92 Å². The van der Waals surface area contributed by atoms with Crippen LogP contribution in [0.15, 0.2) is 18.2 Å². The molecule has 2 aromatic heterocycles. The predicted molar refractivity (Wildman–Crippen MR) is 82.5 cm³/mol. The summed E-state index contributed by atoms with van der Waals surface area (Å²) in [7, 11) is 3.24. The van der Waals surface area contributed by atoms with Crippen molar-refractivity contribution in [2.24, 2.45) is 7.05 Å². The van der Waals surface area contributed by atoms with Gasteiger partial charge in [-0.3, -0.25) is 9.58 Å². The molecule has 0 aliphatic carbocycles. The lowest BCUT2D eigenvalue weighted by Crippen LogP contribution is -2.36. The largest absolute Gasteiger partial charge is 0.464 e. The molecule has 0 spiro atoms. The molecule has 0 saturated carbocycles. The van der Waals surface area contributed by atoms with Crippen LogP contribution in [0.2, 0.25) is 0 Å². The Bertz CT molecular complexity index is 701. The number of hydrogen-bond donors (Lipinski definition) is 0. The molecule has 3 rings (SSSR count). The van der Waals surface area contributed by atoms with Crippen LogP contribution < -0.4 is 0 Å². The molecule has 22 heavy (non-hydrogen) atoms. The zero-order valence-electron chi connectivity index (χ0n) is 13.5. The number of carbonyl (C=O) groups is 1. The highest BCUT2D eigenvalue weighted by Gasteiger charge is 2.26. The highest BCUT2D eigenvalue weighted by Crippen LogP contribution is 2.28. The third kappa shape index (κ3) is 2.43. The number of aryl methyl sites for hydroxylation is 2. The summed E-state index contributed by atoms with van der Waals surface area (Å²) in [4.78, 5) is 14.0. The van der Waals surface area contributed by atoms with Gasteiger partial charge in [-0.15, -0.1) is 0 Å². The fourth-order valence-electron chi connectivity index (χ4n) is 3.15. The van der Waals surface area contributed by atoms with Gasteiger partial charge in [-0.25, -0.2) is 4.79 Å². The minimum absolute atomic E-state index is 0.346. The summed E-state index contributed by atoms with van der Waals surface area (Å²) >= 11 is 0. The Morgan fingerprint density at radius 2 is 2.18 bits per heavy atom. The van der Waals surface area contributed by atoms with E-state index in [9.17, 15) is 4.79 Å². The monoisotopic (exact) mass is 302 g/mol. The van der Waals surface area contributed by atoms with Crippen molar-refractivity contribution in [1.82, 2.24) is 19.2 Å². The van der Waals surface area contributed by atoms with Gasteiger partial charge in [-0.1, -0.05) is 0 Å². The fraction of sp³-hybridized carbons (Fsp3) is 0.500. The molecule has 6 nitrogen and oxygen atoms in total. The standard InChI is InChI=1S/C16H22N4O2/c1-11-5-6-15-12(2)19(7-8-20(11)15)10-13-9-14(16(21)22-4)17-18(13)3/h5-6,9,12H,7-8,10H2,1-4H3. The molecule has 0 N–H and O–H groups in total. The maximum atomic E-state index is 11.6. The average Bonchev–Trinajstić information content (AvgIpc) is 3.06. The summed E-state index contributed by atoms with van der Waals surface area (Å²) in [6, 6.07) is 6.54. The van der Waals surface area contributed by atoms with E-state index in [2.05, 4.69) is 40.5 Å². The van der Waals surface area contributed by atoms with Crippen LogP contribution in [-0.2, 0) is 24.9 Å². The number of ether oxygens (including phenoxy) is 1. The number of esters is 1. The number of carbonyl (C=O) groups excluding carboxylic acids is 1. The van der Waals surface area contributed by atoms with Crippen molar-refractivity contribution < 1.29 is 9.53 Å². The number of nitrogens with zero attached hydrogens (tertiary/aromatic N) is 4. The lowest BCUT2D eigenvalue weighted by molar-refractivity contribution is 0.0593. The summed E-state index contributed by atoms with van der Waals surface area (Å²) in [5.74, 6) is -0.391. The van der Waals surface area contributed by atoms with E-state index >= 15 is 0 Å². The number of aromatic nitrogens is 3. The number of methoxy groups -OCH3 is 1. The lowest BCUT2D eigenvalue weighted by Gasteiger charge is -2.35. The Hall–Kier alpha value is -2.08. The minimum Gasteiger partial charge on any atom is -0.464 e. The Morgan fingerprint density at radius 3 is 2.91 bits per heavy atom. The molecule has 0 bridgehead atoms. The summed E-state index contributed by atoms with van der Waals surface area (Å²) in [5, 5.41) is 4.23. The van der Waals surface area contributed by atoms with Gasteiger partial charge in [-0.05, 0) is 32.0 Å². The van der Waals surface area contributed by atoms with Crippen LogP contribution in [0.25, 0.3) is 0 Å². The van der Waals surface area contributed by atoms with Gasteiger partial charge in [0.15, 0.2) is 5.69 Å². The zero-order chi connectivity index (χ0) is 15.9. The van der Waals surface area contributed by atoms with E-state index in [0.29, 0.717) is 11.7 Å². The highest BCUT2D eigenvalue weighted by molar-refractivity contribution is 5.87. The summed E-state index contributed by atoms with van der Waals surface area (Å²) in [6.45, 7) is 7.13.